The highest BCUT2D eigenvalue weighted by Crippen LogP contribution is 2.40. The number of aliphatic carboxylic acids is 1. The number of carboxylic acids is 1. The monoisotopic (exact) mass is 459 g/mol. The molecule has 158 valence electrons. The summed E-state index contributed by atoms with van der Waals surface area (Å²) in [6, 6.07) is -0.647. The summed E-state index contributed by atoms with van der Waals surface area (Å²) in [5.41, 5.74) is 5.83. The fourth-order valence-corrected chi connectivity index (χ4v) is 5.94. The highest BCUT2D eigenvalue weighted by Gasteiger charge is 2.51. The SMILES string of the molecule is CC(C)(C)OC(=O)NCc1nnc(SCC2=C(C(=O)O)N3C(=O)C(N)[C@@H]3SC2)s1. The van der Waals surface area contributed by atoms with Gasteiger partial charge in [-0.05, 0) is 26.3 Å². The van der Waals surface area contributed by atoms with Crippen molar-refractivity contribution >= 4 is 52.8 Å². The molecule has 2 aliphatic heterocycles. The van der Waals surface area contributed by atoms with E-state index in [1.165, 1.54) is 39.8 Å². The van der Waals surface area contributed by atoms with Crippen molar-refractivity contribution in [3.63, 3.8) is 0 Å². The van der Waals surface area contributed by atoms with Gasteiger partial charge in [-0.1, -0.05) is 23.1 Å². The standard InChI is InChI=1S/C16H21N5O5S3/c1-16(2,3)26-14(25)18-4-8-19-20-15(29-8)28-6-7-5-27-12-9(17)11(22)21(12)10(7)13(23)24/h9,12H,4-6,17H2,1-3H3,(H,18,25)(H,23,24)/t9?,12-/m0/s1. The van der Waals surface area contributed by atoms with Crippen LogP contribution >= 0.6 is 34.9 Å². The minimum Gasteiger partial charge on any atom is -0.477 e. The Bertz CT molecular complexity index is 865. The van der Waals surface area contributed by atoms with Crippen LogP contribution in [0.1, 0.15) is 25.8 Å². The maximum absolute atomic E-state index is 12.0. The predicted molar refractivity (Wildman–Crippen MR) is 109 cm³/mol. The molecule has 13 heteroatoms. The molecule has 2 aliphatic rings. The number of thioether (sulfide) groups is 2. The topological polar surface area (TPSA) is 148 Å². The molecule has 4 N–H and O–H groups in total. The summed E-state index contributed by atoms with van der Waals surface area (Å²) in [7, 11) is 0. The van der Waals surface area contributed by atoms with Gasteiger partial charge in [0.25, 0.3) is 0 Å². The number of aromatic nitrogens is 2. The van der Waals surface area contributed by atoms with Gasteiger partial charge >= 0.3 is 12.1 Å². The van der Waals surface area contributed by atoms with Gasteiger partial charge in [0.05, 0.1) is 6.54 Å². The number of carboxylic acid groups (broad SMARTS) is 1. The Morgan fingerprint density at radius 1 is 1.41 bits per heavy atom. The average molecular weight is 460 g/mol. The fourth-order valence-electron chi connectivity index (χ4n) is 2.67. The van der Waals surface area contributed by atoms with Crippen LogP contribution in [0.25, 0.3) is 0 Å². The number of hydrogen-bond donors (Lipinski definition) is 3. The van der Waals surface area contributed by atoms with Crippen molar-refractivity contribution in [1.29, 1.82) is 0 Å². The molecule has 10 nitrogen and oxygen atoms in total. The number of carbonyl (C=O) groups is 3. The minimum absolute atomic E-state index is 0.0179. The van der Waals surface area contributed by atoms with E-state index < -0.39 is 23.7 Å². The van der Waals surface area contributed by atoms with Crippen LogP contribution < -0.4 is 11.1 Å². The van der Waals surface area contributed by atoms with Crippen molar-refractivity contribution in [2.24, 2.45) is 5.73 Å². The van der Waals surface area contributed by atoms with Crippen molar-refractivity contribution in [2.75, 3.05) is 11.5 Å². The van der Waals surface area contributed by atoms with Gasteiger partial charge in [-0.15, -0.1) is 22.0 Å². The largest absolute Gasteiger partial charge is 0.477 e. The summed E-state index contributed by atoms with van der Waals surface area (Å²) < 4.78 is 5.80. The number of carbonyl (C=O) groups excluding carboxylic acids is 2. The van der Waals surface area contributed by atoms with Crippen LogP contribution in [0, 0.1) is 0 Å². The molecule has 2 amide bonds. The van der Waals surface area contributed by atoms with Crippen LogP contribution in [0.15, 0.2) is 15.6 Å². The lowest BCUT2D eigenvalue weighted by Gasteiger charge is -2.48. The lowest BCUT2D eigenvalue weighted by molar-refractivity contribution is -0.147. The maximum atomic E-state index is 12.0. The summed E-state index contributed by atoms with van der Waals surface area (Å²) in [6.45, 7) is 5.52. The highest BCUT2D eigenvalue weighted by atomic mass is 32.2. The molecular formula is C16H21N5O5S3. The molecule has 1 fully saturated rings. The molecule has 1 aromatic heterocycles. The Balaban J connectivity index is 1.58. The Hall–Kier alpha value is -1.83. The molecule has 0 saturated carbocycles. The van der Waals surface area contributed by atoms with E-state index in [2.05, 4.69) is 15.5 Å². The molecule has 0 radical (unpaired) electrons. The summed E-state index contributed by atoms with van der Waals surface area (Å²) in [6.07, 6.45) is -0.538. The summed E-state index contributed by atoms with van der Waals surface area (Å²) >= 11 is 4.10. The Labute approximate surface area is 179 Å². The summed E-state index contributed by atoms with van der Waals surface area (Å²) in [5.74, 6) is -0.642. The smallest absolute Gasteiger partial charge is 0.408 e. The first-order valence-electron chi connectivity index (χ1n) is 8.64. The summed E-state index contributed by atoms with van der Waals surface area (Å²) in [4.78, 5) is 36.6. The number of rotatable bonds is 6. The van der Waals surface area contributed by atoms with Gasteiger partial charge in [0.15, 0.2) is 4.34 Å². The van der Waals surface area contributed by atoms with Gasteiger partial charge in [-0.25, -0.2) is 9.59 Å². The van der Waals surface area contributed by atoms with Crippen LogP contribution in [0.2, 0.25) is 0 Å². The number of β-lactam (4-membered cyclic amide) rings is 1. The molecule has 29 heavy (non-hydrogen) atoms. The number of hydrogen-bond acceptors (Lipinski definition) is 10. The number of amides is 2. The molecule has 3 heterocycles. The number of fused-ring (bicyclic) bond motifs is 1. The van der Waals surface area contributed by atoms with Gasteiger partial charge in [0, 0.05) is 11.5 Å². The lowest BCUT2D eigenvalue weighted by Crippen LogP contribution is -2.68. The third kappa shape index (κ3) is 5.02. The number of nitrogens with two attached hydrogens (primary N) is 1. The zero-order chi connectivity index (χ0) is 21.3. The van der Waals surface area contributed by atoms with Crippen molar-refractivity contribution in [1.82, 2.24) is 20.4 Å². The molecule has 1 aromatic rings. The molecule has 0 aromatic carbocycles. The zero-order valence-electron chi connectivity index (χ0n) is 16.0. The maximum Gasteiger partial charge on any atom is 0.408 e. The van der Waals surface area contributed by atoms with E-state index in [0.717, 1.165) is 0 Å². The zero-order valence-corrected chi connectivity index (χ0v) is 18.4. The van der Waals surface area contributed by atoms with Crippen molar-refractivity contribution in [2.45, 2.75) is 48.7 Å². The second-order valence-corrected chi connectivity index (χ2v) is 10.7. The van der Waals surface area contributed by atoms with Crippen molar-refractivity contribution in [3.8, 4) is 0 Å². The van der Waals surface area contributed by atoms with E-state index >= 15 is 0 Å². The molecule has 3 rings (SSSR count). The second kappa shape index (κ2) is 8.50. The second-order valence-electron chi connectivity index (χ2n) is 7.30. The molecule has 0 bridgehead atoms. The molecular weight excluding hydrogens is 438 g/mol. The molecule has 0 aliphatic carbocycles. The van der Waals surface area contributed by atoms with E-state index in [-0.39, 0.29) is 23.5 Å². The molecule has 2 atom stereocenters. The lowest BCUT2D eigenvalue weighted by atomic mass is 10.0. The van der Waals surface area contributed by atoms with Gasteiger partial charge in [0.2, 0.25) is 5.91 Å². The van der Waals surface area contributed by atoms with Crippen LogP contribution in [-0.4, -0.2) is 66.7 Å². The van der Waals surface area contributed by atoms with Gasteiger partial charge in [-0.3, -0.25) is 9.69 Å². The first-order valence-corrected chi connectivity index (χ1v) is 11.5. The Morgan fingerprint density at radius 3 is 2.79 bits per heavy atom. The third-order valence-electron chi connectivity index (χ3n) is 3.89. The van der Waals surface area contributed by atoms with Crippen LogP contribution in [-0.2, 0) is 20.9 Å². The van der Waals surface area contributed by atoms with Crippen molar-refractivity contribution in [3.05, 3.63) is 16.3 Å². The fraction of sp³-hybridized carbons (Fsp3) is 0.562. The predicted octanol–water partition coefficient (Wildman–Crippen LogP) is 1.24. The third-order valence-corrected chi connectivity index (χ3v) is 7.40. The first kappa shape index (κ1) is 21.9. The van der Waals surface area contributed by atoms with Gasteiger partial charge < -0.3 is 20.9 Å². The average Bonchev–Trinajstić information content (AvgIpc) is 3.09. The van der Waals surface area contributed by atoms with E-state index in [1.54, 1.807) is 20.8 Å². The van der Waals surface area contributed by atoms with E-state index in [9.17, 15) is 19.5 Å². The van der Waals surface area contributed by atoms with Crippen molar-refractivity contribution < 1.29 is 24.2 Å². The van der Waals surface area contributed by atoms with Crippen LogP contribution in [0.3, 0.4) is 0 Å². The van der Waals surface area contributed by atoms with E-state index in [4.69, 9.17) is 10.5 Å². The van der Waals surface area contributed by atoms with E-state index in [1.807, 2.05) is 0 Å². The van der Waals surface area contributed by atoms with Gasteiger partial charge in [0.1, 0.15) is 27.7 Å². The van der Waals surface area contributed by atoms with E-state index in [0.29, 0.717) is 26.4 Å². The summed E-state index contributed by atoms with van der Waals surface area (Å²) in [5, 5.41) is 20.5. The Morgan fingerprint density at radius 2 is 2.14 bits per heavy atom. The normalized spacial score (nSPS) is 21.5. The number of alkyl carbamates (subject to hydrolysis) is 1. The van der Waals surface area contributed by atoms with Gasteiger partial charge in [-0.2, -0.15) is 0 Å². The molecule has 1 saturated heterocycles. The first-order chi connectivity index (χ1) is 13.6. The quantitative estimate of drug-likeness (QED) is 0.419. The number of nitrogens with one attached hydrogen (secondary N) is 1. The minimum atomic E-state index is -1.13. The number of nitrogens with zero attached hydrogens (tertiary/aromatic N) is 3. The Kier molecular flexibility index (Phi) is 6.41. The molecule has 0 spiro atoms. The van der Waals surface area contributed by atoms with Crippen LogP contribution in [0.5, 0.6) is 0 Å². The highest BCUT2D eigenvalue weighted by molar-refractivity contribution is 8.01. The number of ether oxygens (including phenoxy) is 1. The molecule has 1 unspecified atom stereocenters. The van der Waals surface area contributed by atoms with Crippen LogP contribution in [0.4, 0.5) is 4.79 Å².